The molecule has 0 bridgehead atoms. The van der Waals surface area contributed by atoms with E-state index >= 15 is 0 Å². The summed E-state index contributed by atoms with van der Waals surface area (Å²) in [6.45, 7) is 5.57. The van der Waals surface area contributed by atoms with E-state index in [1.165, 1.54) is 75.3 Å². The van der Waals surface area contributed by atoms with Gasteiger partial charge >= 0.3 is 6.03 Å². The molecule has 0 radical (unpaired) electrons. The maximum Gasteiger partial charge on any atom is 0.323 e. The van der Waals surface area contributed by atoms with Gasteiger partial charge in [0.1, 0.15) is 0 Å². The number of thiazole rings is 1. The van der Waals surface area contributed by atoms with E-state index in [0.29, 0.717) is 18.0 Å². The van der Waals surface area contributed by atoms with Crippen molar-refractivity contribution in [1.82, 2.24) is 0 Å². The van der Waals surface area contributed by atoms with Crippen LogP contribution in [0.25, 0.3) is 0 Å². The van der Waals surface area contributed by atoms with Crippen LogP contribution in [-0.4, -0.2) is 12.6 Å². The highest BCUT2D eigenvalue weighted by Crippen LogP contribution is 2.22. The van der Waals surface area contributed by atoms with Crippen molar-refractivity contribution >= 4 is 28.7 Å². The van der Waals surface area contributed by atoms with Gasteiger partial charge in [0.25, 0.3) is 0 Å². The van der Waals surface area contributed by atoms with Crippen molar-refractivity contribution in [2.75, 3.05) is 17.2 Å². The summed E-state index contributed by atoms with van der Waals surface area (Å²) in [5, 5.41) is 8.80. The smallest absolute Gasteiger partial charge is 0.323 e. The van der Waals surface area contributed by atoms with Gasteiger partial charge in [0, 0.05) is 29.9 Å². The lowest BCUT2D eigenvalue weighted by atomic mass is 10.1. The SMILES string of the molecule is CCCCCCCCCCCCCCOc1ccc(NC(=O)Nc2cccc(C[n+]3ccsc3C)c2)cc1F. The zero-order chi connectivity index (χ0) is 27.7. The quantitative estimate of drug-likeness (QED) is 0.122. The Morgan fingerprint density at radius 1 is 0.872 bits per heavy atom. The number of urea groups is 1. The highest BCUT2D eigenvalue weighted by molar-refractivity contribution is 7.09. The van der Waals surface area contributed by atoms with Crippen LogP contribution in [0, 0.1) is 12.7 Å². The molecule has 2 N–H and O–H groups in total. The summed E-state index contributed by atoms with van der Waals surface area (Å²) in [6, 6.07) is 11.8. The number of ether oxygens (including phenoxy) is 1. The Balaban J connectivity index is 1.30. The van der Waals surface area contributed by atoms with Crippen molar-refractivity contribution in [3.63, 3.8) is 0 Å². The molecule has 0 aliphatic carbocycles. The van der Waals surface area contributed by atoms with Crippen LogP contribution in [0.2, 0.25) is 0 Å². The van der Waals surface area contributed by atoms with Crippen molar-refractivity contribution < 1.29 is 18.5 Å². The first-order valence-electron chi connectivity index (χ1n) is 14.6. The molecule has 0 aliphatic heterocycles. The molecule has 7 heteroatoms. The summed E-state index contributed by atoms with van der Waals surface area (Å²) in [5.74, 6) is -0.255. The number of carbonyl (C=O) groups is 1. The molecule has 2 aromatic carbocycles. The number of nitrogens with zero attached hydrogens (tertiary/aromatic N) is 1. The zero-order valence-corrected chi connectivity index (χ0v) is 24.5. The van der Waals surface area contributed by atoms with Crippen LogP contribution in [0.4, 0.5) is 20.6 Å². The molecular formula is C32H45FN3O2S+. The number of halogens is 1. The second kappa shape index (κ2) is 17.6. The van der Waals surface area contributed by atoms with Crippen LogP contribution in [0.15, 0.2) is 54.0 Å². The molecule has 212 valence electrons. The first kappa shape index (κ1) is 30.6. The molecule has 1 aromatic heterocycles. The van der Waals surface area contributed by atoms with Gasteiger partial charge in [-0.25, -0.2) is 9.18 Å². The molecule has 0 unspecified atom stereocenters. The molecule has 1 heterocycles. The molecule has 0 spiro atoms. The number of aryl methyl sites for hydroxylation is 1. The number of hydrogen-bond donors (Lipinski definition) is 2. The summed E-state index contributed by atoms with van der Waals surface area (Å²) in [6.07, 6.45) is 17.4. The standard InChI is InChI=1S/C32H44FN3O2S/c1-3-4-5-6-7-8-9-10-11-12-13-14-21-38-31-19-18-29(24-30(31)33)35-32(37)34-28-17-15-16-27(23-28)25-36-20-22-39-26(36)2/h15-20,22-24H,3-14,21,25H2,1-2H3,(H-,34,35,37)/p+1. The van der Waals surface area contributed by atoms with Crippen molar-refractivity contribution in [3.8, 4) is 5.75 Å². The first-order chi connectivity index (χ1) is 19.0. The molecule has 0 atom stereocenters. The van der Waals surface area contributed by atoms with Crippen LogP contribution in [0.1, 0.15) is 94.5 Å². The van der Waals surface area contributed by atoms with Gasteiger partial charge in [0.15, 0.2) is 24.3 Å². The predicted octanol–water partition coefficient (Wildman–Crippen LogP) is 9.26. The van der Waals surface area contributed by atoms with E-state index in [-0.39, 0.29) is 5.75 Å². The second-order valence-electron chi connectivity index (χ2n) is 10.2. The Morgan fingerprint density at radius 3 is 2.13 bits per heavy atom. The fourth-order valence-corrected chi connectivity index (χ4v) is 5.26. The summed E-state index contributed by atoms with van der Waals surface area (Å²) in [5.41, 5.74) is 2.14. The Hall–Kier alpha value is -2.93. The van der Waals surface area contributed by atoms with Gasteiger partial charge in [-0.2, -0.15) is 4.57 Å². The lowest BCUT2D eigenvalue weighted by Crippen LogP contribution is -2.34. The highest BCUT2D eigenvalue weighted by atomic mass is 32.1. The number of anilines is 2. The zero-order valence-electron chi connectivity index (χ0n) is 23.6. The van der Waals surface area contributed by atoms with Crippen LogP contribution >= 0.6 is 11.3 Å². The van der Waals surface area contributed by atoms with Crippen molar-refractivity contribution in [1.29, 1.82) is 0 Å². The van der Waals surface area contributed by atoms with Crippen molar-refractivity contribution in [2.24, 2.45) is 0 Å². The number of aromatic nitrogens is 1. The number of amides is 2. The molecule has 0 saturated carbocycles. The van der Waals surface area contributed by atoms with Crippen molar-refractivity contribution in [3.05, 3.63) is 70.4 Å². The number of unbranched alkanes of at least 4 members (excludes halogenated alkanes) is 11. The number of carbonyl (C=O) groups excluding carboxylic acids is 1. The van der Waals surface area contributed by atoms with Crippen LogP contribution < -0.4 is 19.9 Å². The van der Waals surface area contributed by atoms with E-state index in [0.717, 1.165) is 24.9 Å². The third-order valence-electron chi connectivity index (χ3n) is 6.87. The molecule has 5 nitrogen and oxygen atoms in total. The van der Waals surface area contributed by atoms with Gasteiger partial charge in [-0.15, -0.1) is 0 Å². The predicted molar refractivity (Wildman–Crippen MR) is 160 cm³/mol. The van der Waals surface area contributed by atoms with E-state index < -0.39 is 11.8 Å². The van der Waals surface area contributed by atoms with Gasteiger partial charge in [-0.05, 0) is 30.7 Å². The van der Waals surface area contributed by atoms with Crippen LogP contribution in [0.3, 0.4) is 0 Å². The molecule has 3 aromatic rings. The van der Waals surface area contributed by atoms with E-state index in [4.69, 9.17) is 4.74 Å². The third-order valence-corrected chi connectivity index (χ3v) is 7.70. The fraction of sp³-hybridized carbons (Fsp3) is 0.500. The molecule has 0 aliphatic rings. The van der Waals surface area contributed by atoms with E-state index in [1.807, 2.05) is 30.5 Å². The van der Waals surface area contributed by atoms with Gasteiger partial charge in [-0.3, -0.25) is 0 Å². The van der Waals surface area contributed by atoms with Gasteiger partial charge in [-0.1, -0.05) is 101 Å². The molecule has 0 fully saturated rings. The number of rotatable bonds is 18. The molecule has 39 heavy (non-hydrogen) atoms. The Bertz CT molecular complexity index is 1130. The van der Waals surface area contributed by atoms with E-state index in [1.54, 1.807) is 23.5 Å². The topological polar surface area (TPSA) is 54.2 Å². The largest absolute Gasteiger partial charge is 0.491 e. The fourth-order valence-electron chi connectivity index (χ4n) is 4.60. The van der Waals surface area contributed by atoms with E-state index in [9.17, 15) is 9.18 Å². The van der Waals surface area contributed by atoms with Gasteiger partial charge in [0.2, 0.25) is 5.01 Å². The Morgan fingerprint density at radius 2 is 1.51 bits per heavy atom. The second-order valence-corrected chi connectivity index (χ2v) is 11.3. The molecular weight excluding hydrogens is 509 g/mol. The Labute approximate surface area is 237 Å². The minimum absolute atomic E-state index is 0.220. The summed E-state index contributed by atoms with van der Waals surface area (Å²) >= 11 is 1.70. The van der Waals surface area contributed by atoms with Crippen LogP contribution in [0.5, 0.6) is 5.75 Å². The lowest BCUT2D eigenvalue weighted by Gasteiger charge is -2.11. The third kappa shape index (κ3) is 11.8. The minimum atomic E-state index is -0.475. The highest BCUT2D eigenvalue weighted by Gasteiger charge is 2.11. The van der Waals surface area contributed by atoms with Gasteiger partial charge in [0.05, 0.1) is 12.0 Å². The average molecular weight is 555 g/mol. The minimum Gasteiger partial charge on any atom is -0.491 e. The molecule has 0 saturated heterocycles. The number of hydrogen-bond acceptors (Lipinski definition) is 3. The normalized spacial score (nSPS) is 10.9. The first-order valence-corrected chi connectivity index (χ1v) is 15.5. The van der Waals surface area contributed by atoms with Gasteiger partial charge < -0.3 is 15.4 Å². The summed E-state index contributed by atoms with van der Waals surface area (Å²) < 4.78 is 22.3. The average Bonchev–Trinajstić information content (AvgIpc) is 3.32. The molecule has 2 amide bonds. The summed E-state index contributed by atoms with van der Waals surface area (Å²) in [4.78, 5) is 12.5. The van der Waals surface area contributed by atoms with Crippen LogP contribution in [-0.2, 0) is 6.54 Å². The summed E-state index contributed by atoms with van der Waals surface area (Å²) in [7, 11) is 0. The van der Waals surface area contributed by atoms with Crippen molar-refractivity contribution in [2.45, 2.75) is 97.4 Å². The van der Waals surface area contributed by atoms with E-state index in [2.05, 4.69) is 34.4 Å². The Kier molecular flexibility index (Phi) is 13.8. The lowest BCUT2D eigenvalue weighted by molar-refractivity contribution is -0.689. The number of benzene rings is 2. The monoisotopic (exact) mass is 554 g/mol. The maximum absolute atomic E-state index is 14.5. The number of nitrogens with one attached hydrogen (secondary N) is 2. The molecule has 3 rings (SSSR count). The maximum atomic E-state index is 14.5.